The highest BCUT2D eigenvalue weighted by molar-refractivity contribution is 7.12. The molecule has 0 saturated heterocycles. The van der Waals surface area contributed by atoms with Gasteiger partial charge in [-0.05, 0) is 53.1 Å². The third-order valence-corrected chi connectivity index (χ3v) is 6.27. The Morgan fingerprint density at radius 1 is 1.00 bits per heavy atom. The van der Waals surface area contributed by atoms with Gasteiger partial charge >= 0.3 is 5.97 Å². The van der Waals surface area contributed by atoms with E-state index in [4.69, 9.17) is 14.5 Å². The number of halogens is 1. The Morgan fingerprint density at radius 2 is 1.75 bits per heavy atom. The number of carboxylic acids is 1. The Balaban J connectivity index is 1.51. The van der Waals surface area contributed by atoms with E-state index in [0.29, 0.717) is 28.3 Å². The SMILES string of the molecule is O=C(O)Cc1sc(Cc2ccccc2-c2ccc3c(c2)OCO3)nc1-c1ccc(F)cc1. The van der Waals surface area contributed by atoms with Gasteiger partial charge in [-0.2, -0.15) is 0 Å². The fraction of sp³-hybridized carbons (Fsp3) is 0.120. The van der Waals surface area contributed by atoms with Gasteiger partial charge in [-0.25, -0.2) is 9.37 Å². The van der Waals surface area contributed by atoms with E-state index in [2.05, 4.69) is 0 Å². The minimum Gasteiger partial charge on any atom is -0.481 e. The molecule has 0 spiro atoms. The van der Waals surface area contributed by atoms with Crippen molar-refractivity contribution in [3.05, 3.63) is 88.0 Å². The molecule has 0 radical (unpaired) electrons. The molecule has 1 aliphatic rings. The standard InChI is InChI=1S/C25H18FNO4S/c26-18-8-5-15(6-9-18)25-22(13-24(28)29)32-23(27-25)12-16-3-1-2-4-19(16)17-7-10-20-21(11-17)31-14-30-20/h1-11H,12-14H2,(H,28,29). The van der Waals surface area contributed by atoms with Gasteiger partial charge in [-0.1, -0.05) is 30.3 Å². The molecule has 0 saturated carbocycles. The number of rotatable bonds is 6. The molecule has 7 heteroatoms. The third-order valence-electron chi connectivity index (χ3n) is 5.21. The van der Waals surface area contributed by atoms with E-state index in [0.717, 1.165) is 27.4 Å². The highest BCUT2D eigenvalue weighted by atomic mass is 32.1. The summed E-state index contributed by atoms with van der Waals surface area (Å²) < 4.78 is 24.3. The average molecular weight is 447 g/mol. The zero-order valence-corrected chi connectivity index (χ0v) is 17.7. The van der Waals surface area contributed by atoms with Crippen LogP contribution in [0.5, 0.6) is 11.5 Å². The van der Waals surface area contributed by atoms with Gasteiger partial charge in [0, 0.05) is 16.9 Å². The van der Waals surface area contributed by atoms with E-state index < -0.39 is 5.97 Å². The zero-order valence-electron chi connectivity index (χ0n) is 16.9. The second-order valence-electron chi connectivity index (χ2n) is 7.36. The lowest BCUT2D eigenvalue weighted by molar-refractivity contribution is -0.136. The highest BCUT2D eigenvalue weighted by Crippen LogP contribution is 2.38. The molecule has 0 unspecified atom stereocenters. The van der Waals surface area contributed by atoms with Crippen LogP contribution in [0.2, 0.25) is 0 Å². The molecule has 1 N–H and O–H groups in total. The molecule has 1 aliphatic heterocycles. The van der Waals surface area contributed by atoms with Crippen molar-refractivity contribution in [3.8, 4) is 33.9 Å². The Labute approximate surface area is 187 Å². The van der Waals surface area contributed by atoms with Gasteiger partial charge in [0.05, 0.1) is 17.1 Å². The van der Waals surface area contributed by atoms with Crippen molar-refractivity contribution in [2.45, 2.75) is 12.8 Å². The summed E-state index contributed by atoms with van der Waals surface area (Å²) in [7, 11) is 0. The highest BCUT2D eigenvalue weighted by Gasteiger charge is 2.19. The first-order chi connectivity index (χ1) is 15.6. The Kier molecular flexibility index (Phi) is 5.33. The molecule has 0 fully saturated rings. The first kappa shape index (κ1) is 20.2. The first-order valence-electron chi connectivity index (χ1n) is 10.0. The molecule has 32 heavy (non-hydrogen) atoms. The first-order valence-corrected chi connectivity index (χ1v) is 10.8. The second kappa shape index (κ2) is 8.43. The quantitative estimate of drug-likeness (QED) is 0.419. The van der Waals surface area contributed by atoms with Crippen LogP contribution in [0, 0.1) is 5.82 Å². The van der Waals surface area contributed by atoms with E-state index in [1.54, 1.807) is 12.1 Å². The third kappa shape index (κ3) is 4.07. The normalized spacial score (nSPS) is 12.2. The number of hydrogen-bond donors (Lipinski definition) is 1. The van der Waals surface area contributed by atoms with Crippen molar-refractivity contribution in [2.75, 3.05) is 6.79 Å². The van der Waals surface area contributed by atoms with Gasteiger partial charge in [-0.15, -0.1) is 11.3 Å². The maximum absolute atomic E-state index is 13.4. The summed E-state index contributed by atoms with van der Waals surface area (Å²) in [5.74, 6) is 0.174. The topological polar surface area (TPSA) is 68.7 Å². The van der Waals surface area contributed by atoms with Crippen LogP contribution in [0.4, 0.5) is 4.39 Å². The number of aliphatic carboxylic acids is 1. The molecule has 0 aliphatic carbocycles. The second-order valence-corrected chi connectivity index (χ2v) is 8.53. The van der Waals surface area contributed by atoms with E-state index >= 15 is 0 Å². The lowest BCUT2D eigenvalue weighted by atomic mass is 9.97. The van der Waals surface area contributed by atoms with Crippen LogP contribution in [0.25, 0.3) is 22.4 Å². The largest absolute Gasteiger partial charge is 0.481 e. The van der Waals surface area contributed by atoms with Gasteiger partial charge in [-0.3, -0.25) is 4.79 Å². The number of aromatic nitrogens is 1. The van der Waals surface area contributed by atoms with Crippen molar-refractivity contribution in [2.24, 2.45) is 0 Å². The number of benzene rings is 3. The van der Waals surface area contributed by atoms with E-state index in [-0.39, 0.29) is 19.0 Å². The molecule has 1 aromatic heterocycles. The summed E-state index contributed by atoms with van der Waals surface area (Å²) in [6.07, 6.45) is 0.414. The maximum Gasteiger partial charge on any atom is 0.308 e. The number of carboxylic acid groups (broad SMARTS) is 1. The zero-order chi connectivity index (χ0) is 22.1. The molecule has 160 valence electrons. The molecule has 4 aromatic rings. The lowest BCUT2D eigenvalue weighted by Crippen LogP contribution is -1.99. The molecule has 0 amide bonds. The van der Waals surface area contributed by atoms with Crippen molar-refractivity contribution < 1.29 is 23.8 Å². The fourth-order valence-corrected chi connectivity index (χ4v) is 4.85. The number of thiazole rings is 1. The average Bonchev–Trinajstić information content (AvgIpc) is 3.40. The Morgan fingerprint density at radius 3 is 2.56 bits per heavy atom. The van der Waals surface area contributed by atoms with E-state index in [9.17, 15) is 14.3 Å². The van der Waals surface area contributed by atoms with Crippen LogP contribution >= 0.6 is 11.3 Å². The molecular formula is C25H18FNO4S. The van der Waals surface area contributed by atoms with Crippen LogP contribution in [-0.2, 0) is 17.6 Å². The fourth-order valence-electron chi connectivity index (χ4n) is 3.75. The summed E-state index contributed by atoms with van der Waals surface area (Å²) in [6.45, 7) is 0.220. The molecule has 5 nitrogen and oxygen atoms in total. The maximum atomic E-state index is 13.4. The minimum absolute atomic E-state index is 0.131. The van der Waals surface area contributed by atoms with Crippen LogP contribution < -0.4 is 9.47 Å². The molecule has 0 bridgehead atoms. The van der Waals surface area contributed by atoms with E-state index in [1.165, 1.54) is 23.5 Å². The molecule has 3 aromatic carbocycles. The number of ether oxygens (including phenoxy) is 2. The van der Waals surface area contributed by atoms with Gasteiger partial charge in [0.15, 0.2) is 11.5 Å². The molecule has 2 heterocycles. The van der Waals surface area contributed by atoms with Gasteiger partial charge in [0.1, 0.15) is 5.82 Å². The summed E-state index contributed by atoms with van der Waals surface area (Å²) in [5, 5.41) is 10.1. The number of fused-ring (bicyclic) bond motifs is 1. The number of hydrogen-bond acceptors (Lipinski definition) is 5. The van der Waals surface area contributed by atoms with Crippen LogP contribution in [-0.4, -0.2) is 22.9 Å². The van der Waals surface area contributed by atoms with Gasteiger partial charge in [0.2, 0.25) is 6.79 Å². The molecule has 5 rings (SSSR count). The van der Waals surface area contributed by atoms with Gasteiger partial charge < -0.3 is 14.6 Å². The Hall–Kier alpha value is -3.71. The smallest absolute Gasteiger partial charge is 0.308 e. The Bertz CT molecular complexity index is 1300. The van der Waals surface area contributed by atoms with E-state index in [1.807, 2.05) is 42.5 Å². The predicted octanol–water partition coefficient (Wildman–Crippen LogP) is 5.56. The van der Waals surface area contributed by atoms with Crippen LogP contribution in [0.15, 0.2) is 66.7 Å². The summed E-state index contributed by atoms with van der Waals surface area (Å²) in [4.78, 5) is 16.8. The summed E-state index contributed by atoms with van der Waals surface area (Å²) in [6, 6.07) is 19.8. The molecule has 0 atom stereocenters. The lowest BCUT2D eigenvalue weighted by Gasteiger charge is -2.09. The number of nitrogens with zero attached hydrogens (tertiary/aromatic N) is 1. The van der Waals surface area contributed by atoms with Crippen molar-refractivity contribution in [3.63, 3.8) is 0 Å². The molecular weight excluding hydrogens is 429 g/mol. The monoisotopic (exact) mass is 447 g/mol. The minimum atomic E-state index is -0.927. The number of carbonyl (C=O) groups is 1. The predicted molar refractivity (Wildman–Crippen MR) is 120 cm³/mol. The van der Waals surface area contributed by atoms with Crippen molar-refractivity contribution in [1.29, 1.82) is 0 Å². The summed E-state index contributed by atoms with van der Waals surface area (Å²) >= 11 is 1.38. The van der Waals surface area contributed by atoms with Crippen LogP contribution in [0.1, 0.15) is 15.4 Å². The van der Waals surface area contributed by atoms with Crippen LogP contribution in [0.3, 0.4) is 0 Å². The van der Waals surface area contributed by atoms with Crippen molar-refractivity contribution >= 4 is 17.3 Å². The van der Waals surface area contributed by atoms with Crippen molar-refractivity contribution in [1.82, 2.24) is 4.98 Å². The summed E-state index contributed by atoms with van der Waals surface area (Å²) in [5.41, 5.74) is 4.41. The van der Waals surface area contributed by atoms with Gasteiger partial charge in [0.25, 0.3) is 0 Å².